The Labute approximate surface area is 609 Å². The Balaban J connectivity index is 3.86. The van der Waals surface area contributed by atoms with Gasteiger partial charge in [0.15, 0.2) is 6.10 Å². The van der Waals surface area contributed by atoms with E-state index in [-0.39, 0.29) is 38.6 Å². The number of hydrogen-bond acceptors (Lipinski definition) is 8. The van der Waals surface area contributed by atoms with E-state index in [1.165, 1.54) is 161 Å². The summed E-state index contributed by atoms with van der Waals surface area (Å²) in [4.78, 5) is 35.5. The number of carbonyl (C=O) groups excluding carboxylic acids is 2. The Morgan fingerprint density at radius 3 is 0.778 bits per heavy atom. The fourth-order valence-electron chi connectivity index (χ4n) is 10.9. The van der Waals surface area contributed by atoms with E-state index in [4.69, 9.17) is 24.3 Å². The predicted octanol–water partition coefficient (Wildman–Crippen LogP) is 27.4. The molecular formula is C89H148NO8P. The zero-order valence-electron chi connectivity index (χ0n) is 63.4. The van der Waals surface area contributed by atoms with Crippen molar-refractivity contribution in [3.05, 3.63) is 182 Å². The second-order valence-electron chi connectivity index (χ2n) is 26.2. The summed E-state index contributed by atoms with van der Waals surface area (Å²) < 4.78 is 33.3. The molecule has 0 aromatic carbocycles. The SMILES string of the molecule is CC/C=C\C/C=C\C/C=C\C/C=C\C/C=C\C/C=C\C/C=C\C/C=C\C/C=C\CCCCCCCCCCCC(=O)OC(COC(=O)CCCCCCCCCCCCCCCCCCCCCCCC/C=C\C/C=C\C/C=C\C/C=C\C/C=C\C/C=C\CC)COP(=O)(O)OCCN. The Bertz CT molecular complexity index is 2290. The van der Waals surface area contributed by atoms with Crippen LogP contribution in [0.1, 0.15) is 335 Å². The summed E-state index contributed by atoms with van der Waals surface area (Å²) >= 11 is 0. The van der Waals surface area contributed by atoms with Crippen LogP contribution in [-0.2, 0) is 32.7 Å². The molecule has 0 fully saturated rings. The standard InChI is InChI=1S/C89H148NO8P/c1-3-5-7-9-11-13-15-17-19-21-23-25-27-29-31-33-35-37-39-41-42-43-44-46-47-49-51-53-55-57-59-61-63-65-67-69-71-73-75-77-79-81-88(91)95-85-87(86-97-99(93,94)96-84-83-90)98-89(92)82-80-78-76-74-72-70-68-66-64-62-60-58-56-54-52-50-48-45-40-38-36-34-32-30-28-26-24-22-20-18-16-14-12-10-8-6-4-2/h5-8,11-14,17-20,23-26,29-32,35-38,45,48,52,54,58,60,87H,3-4,9-10,15-16,21-22,27-28,33-34,39-44,46-47,49-51,53,55-57,59,61-86,90H2,1-2H3,(H,93,94)/b7-5-,8-6-,13-11-,14-12-,19-17-,20-18-,25-23-,26-24-,31-29-,32-30-,37-35-,38-36-,48-45-,54-52-,60-58-. The van der Waals surface area contributed by atoms with Gasteiger partial charge in [-0.1, -0.05) is 369 Å². The molecule has 0 rings (SSSR count). The minimum Gasteiger partial charge on any atom is -0.462 e. The van der Waals surface area contributed by atoms with E-state index in [0.717, 1.165) is 141 Å². The second-order valence-corrected chi connectivity index (χ2v) is 27.6. The molecule has 2 atom stereocenters. The zero-order valence-corrected chi connectivity index (χ0v) is 64.3. The van der Waals surface area contributed by atoms with Crippen LogP contribution < -0.4 is 5.73 Å². The molecule has 0 saturated heterocycles. The Hall–Kier alpha value is -4.89. The largest absolute Gasteiger partial charge is 0.472 e. The highest BCUT2D eigenvalue weighted by molar-refractivity contribution is 7.47. The number of rotatable bonds is 74. The smallest absolute Gasteiger partial charge is 0.462 e. The van der Waals surface area contributed by atoms with Gasteiger partial charge in [-0.3, -0.25) is 18.6 Å². The molecule has 0 saturated carbocycles. The first-order valence-electron chi connectivity index (χ1n) is 40.3. The first kappa shape index (κ1) is 94.1. The highest BCUT2D eigenvalue weighted by Gasteiger charge is 2.26. The van der Waals surface area contributed by atoms with Crippen LogP contribution >= 0.6 is 7.82 Å². The zero-order chi connectivity index (χ0) is 71.5. The number of phosphoric ester groups is 1. The molecule has 0 aromatic rings. The number of phosphoric acid groups is 1. The van der Waals surface area contributed by atoms with Crippen LogP contribution in [0.3, 0.4) is 0 Å². The van der Waals surface area contributed by atoms with Gasteiger partial charge in [0, 0.05) is 19.4 Å². The van der Waals surface area contributed by atoms with E-state index in [2.05, 4.69) is 196 Å². The Morgan fingerprint density at radius 1 is 0.303 bits per heavy atom. The van der Waals surface area contributed by atoms with Crippen molar-refractivity contribution in [1.29, 1.82) is 0 Å². The third kappa shape index (κ3) is 82.0. The van der Waals surface area contributed by atoms with Crippen molar-refractivity contribution in [3.63, 3.8) is 0 Å². The van der Waals surface area contributed by atoms with Crippen molar-refractivity contribution < 1.29 is 37.6 Å². The number of unbranched alkanes of at least 4 members (excludes halogenated alkanes) is 31. The van der Waals surface area contributed by atoms with Gasteiger partial charge in [0.25, 0.3) is 0 Å². The molecule has 0 radical (unpaired) electrons. The van der Waals surface area contributed by atoms with Gasteiger partial charge >= 0.3 is 19.8 Å². The first-order chi connectivity index (χ1) is 48.8. The van der Waals surface area contributed by atoms with Gasteiger partial charge in [-0.15, -0.1) is 0 Å². The third-order valence-corrected chi connectivity index (χ3v) is 17.8. The average Bonchev–Trinajstić information content (AvgIpc) is 1.64. The van der Waals surface area contributed by atoms with Crippen molar-refractivity contribution in [2.45, 2.75) is 341 Å². The summed E-state index contributed by atoms with van der Waals surface area (Å²) in [6.07, 6.45) is 123. The van der Waals surface area contributed by atoms with E-state index in [0.29, 0.717) is 6.42 Å². The van der Waals surface area contributed by atoms with Gasteiger partial charge in [0.1, 0.15) is 6.61 Å². The van der Waals surface area contributed by atoms with Crippen LogP contribution in [0.4, 0.5) is 0 Å². The molecular weight excluding hydrogens is 1240 g/mol. The highest BCUT2D eigenvalue weighted by atomic mass is 31.2. The third-order valence-electron chi connectivity index (χ3n) is 16.8. The lowest BCUT2D eigenvalue weighted by atomic mass is 10.0. The second kappa shape index (κ2) is 82.1. The van der Waals surface area contributed by atoms with Gasteiger partial charge in [0.05, 0.1) is 13.2 Å². The van der Waals surface area contributed by atoms with Gasteiger partial charge in [-0.25, -0.2) is 4.57 Å². The number of esters is 2. The number of allylic oxidation sites excluding steroid dienone is 30. The summed E-state index contributed by atoms with van der Waals surface area (Å²) in [5.74, 6) is -0.832. The number of carbonyl (C=O) groups is 2. The Kier molecular flexibility index (Phi) is 78.0. The molecule has 562 valence electrons. The molecule has 0 aliphatic carbocycles. The fraction of sp³-hybridized carbons (Fsp3) is 0.640. The molecule has 0 bridgehead atoms. The molecule has 99 heavy (non-hydrogen) atoms. The van der Waals surface area contributed by atoms with Crippen LogP contribution in [0.2, 0.25) is 0 Å². The first-order valence-corrected chi connectivity index (χ1v) is 41.8. The van der Waals surface area contributed by atoms with E-state index in [1.807, 2.05) is 0 Å². The van der Waals surface area contributed by atoms with Crippen LogP contribution in [0.5, 0.6) is 0 Å². The molecule has 0 spiro atoms. The number of nitrogens with two attached hydrogens (primary N) is 1. The topological polar surface area (TPSA) is 134 Å². The normalized spacial score (nSPS) is 13.9. The summed E-state index contributed by atoms with van der Waals surface area (Å²) in [5, 5.41) is 0. The Morgan fingerprint density at radius 2 is 0.525 bits per heavy atom. The van der Waals surface area contributed by atoms with E-state index in [1.54, 1.807) is 0 Å². The van der Waals surface area contributed by atoms with Crippen molar-refractivity contribution >= 4 is 19.8 Å². The van der Waals surface area contributed by atoms with Gasteiger partial charge in [-0.2, -0.15) is 0 Å². The minimum atomic E-state index is -4.41. The molecule has 0 amide bonds. The number of hydrogen-bond donors (Lipinski definition) is 2. The van der Waals surface area contributed by atoms with Crippen LogP contribution in [-0.4, -0.2) is 49.3 Å². The summed E-state index contributed by atoms with van der Waals surface area (Å²) in [6.45, 7) is 3.52. The van der Waals surface area contributed by atoms with Crippen LogP contribution in [0, 0.1) is 0 Å². The molecule has 10 heteroatoms. The lowest BCUT2D eigenvalue weighted by Crippen LogP contribution is -2.29. The summed E-state index contributed by atoms with van der Waals surface area (Å²) in [5.41, 5.74) is 5.41. The maximum Gasteiger partial charge on any atom is 0.472 e. The molecule has 0 aliphatic rings. The molecule has 3 N–H and O–H groups in total. The van der Waals surface area contributed by atoms with Crippen molar-refractivity contribution in [2.24, 2.45) is 5.73 Å². The quantitative estimate of drug-likeness (QED) is 0.0264. The average molecular weight is 1390 g/mol. The van der Waals surface area contributed by atoms with Gasteiger partial charge in [-0.05, 0) is 135 Å². The lowest BCUT2D eigenvalue weighted by molar-refractivity contribution is -0.161. The van der Waals surface area contributed by atoms with Gasteiger partial charge in [0.2, 0.25) is 0 Å². The maximum absolute atomic E-state index is 12.8. The van der Waals surface area contributed by atoms with Crippen molar-refractivity contribution in [1.82, 2.24) is 0 Å². The molecule has 9 nitrogen and oxygen atoms in total. The van der Waals surface area contributed by atoms with E-state index >= 15 is 0 Å². The van der Waals surface area contributed by atoms with E-state index < -0.39 is 26.5 Å². The van der Waals surface area contributed by atoms with Crippen LogP contribution in [0.25, 0.3) is 0 Å². The summed E-state index contributed by atoms with van der Waals surface area (Å²) in [7, 11) is -4.41. The maximum atomic E-state index is 12.8. The predicted molar refractivity (Wildman–Crippen MR) is 431 cm³/mol. The highest BCUT2D eigenvalue weighted by Crippen LogP contribution is 2.43. The lowest BCUT2D eigenvalue weighted by Gasteiger charge is -2.19. The molecule has 0 aromatic heterocycles. The minimum absolute atomic E-state index is 0.0461. The summed E-state index contributed by atoms with van der Waals surface area (Å²) in [6, 6.07) is 0. The van der Waals surface area contributed by atoms with Gasteiger partial charge < -0.3 is 20.1 Å². The van der Waals surface area contributed by atoms with E-state index in [9.17, 15) is 19.0 Å². The monoisotopic (exact) mass is 1390 g/mol. The van der Waals surface area contributed by atoms with Crippen molar-refractivity contribution in [2.75, 3.05) is 26.4 Å². The molecule has 0 heterocycles. The van der Waals surface area contributed by atoms with Crippen LogP contribution in [0.15, 0.2) is 182 Å². The number of ether oxygens (including phenoxy) is 2. The molecule has 2 unspecified atom stereocenters. The van der Waals surface area contributed by atoms with Crippen molar-refractivity contribution in [3.8, 4) is 0 Å². The molecule has 0 aliphatic heterocycles. The fourth-order valence-corrected chi connectivity index (χ4v) is 11.7.